The molecule has 0 aliphatic rings. The summed E-state index contributed by atoms with van der Waals surface area (Å²) in [4.78, 5) is 26.3. The van der Waals surface area contributed by atoms with Crippen LogP contribution in [0.5, 0.6) is 0 Å². The first-order chi connectivity index (χ1) is 12.0. The molecule has 0 amide bonds. The maximum Gasteiger partial charge on any atom is 0.185 e. The molecule has 2 heterocycles. The third-order valence-electron chi connectivity index (χ3n) is 3.80. The number of hydrogen-bond donors (Lipinski definition) is 0. The Balaban J connectivity index is 1.85. The normalized spacial score (nSPS) is 10.5. The van der Waals surface area contributed by atoms with E-state index in [0.29, 0.717) is 16.9 Å². The van der Waals surface area contributed by atoms with E-state index < -0.39 is 5.82 Å². The quantitative estimate of drug-likeness (QED) is 0.667. The van der Waals surface area contributed by atoms with Crippen molar-refractivity contribution in [1.82, 2.24) is 15.0 Å². The molecule has 0 aliphatic heterocycles. The Bertz CT molecular complexity index is 899. The molecule has 0 radical (unpaired) electrons. The minimum atomic E-state index is -0.402. The number of nitrogens with zero attached hydrogens (tertiary/aromatic N) is 4. The highest BCUT2D eigenvalue weighted by Crippen LogP contribution is 2.24. The number of ketones is 1. The van der Waals surface area contributed by atoms with Crippen LogP contribution >= 0.6 is 0 Å². The number of anilines is 2. The SMILES string of the molecule is Cc1cccc(C(=O)Cc2cc(F)cc(N(C)c3cncnc3)c2)n1. The van der Waals surface area contributed by atoms with E-state index >= 15 is 0 Å². The van der Waals surface area contributed by atoms with Crippen molar-refractivity contribution >= 4 is 17.2 Å². The topological polar surface area (TPSA) is 59.0 Å². The minimum Gasteiger partial charge on any atom is -0.342 e. The number of carbonyl (C=O) groups excluding carboxylic acids is 1. The van der Waals surface area contributed by atoms with Crippen LogP contribution in [0, 0.1) is 12.7 Å². The van der Waals surface area contributed by atoms with Gasteiger partial charge in [-0.3, -0.25) is 9.78 Å². The second-order valence-electron chi connectivity index (χ2n) is 5.74. The number of aromatic nitrogens is 3. The minimum absolute atomic E-state index is 0.0837. The number of pyridine rings is 1. The Labute approximate surface area is 145 Å². The molecule has 1 aromatic carbocycles. The third kappa shape index (κ3) is 4.03. The van der Waals surface area contributed by atoms with Gasteiger partial charge in [0.15, 0.2) is 5.78 Å². The second kappa shape index (κ2) is 7.17. The molecule has 0 fully saturated rings. The Morgan fingerprint density at radius 3 is 2.60 bits per heavy atom. The van der Waals surface area contributed by atoms with E-state index in [4.69, 9.17) is 0 Å². The Hall–Kier alpha value is -3.15. The van der Waals surface area contributed by atoms with Gasteiger partial charge in [0.2, 0.25) is 0 Å². The maximum absolute atomic E-state index is 14.0. The van der Waals surface area contributed by atoms with Gasteiger partial charge in [-0.1, -0.05) is 6.07 Å². The lowest BCUT2D eigenvalue weighted by Gasteiger charge is -2.19. The van der Waals surface area contributed by atoms with Gasteiger partial charge in [0.05, 0.1) is 18.1 Å². The standard InChI is InChI=1S/C19H17FN4O/c1-13-4-3-5-18(23-13)19(25)8-14-6-15(20)9-16(7-14)24(2)17-10-21-12-22-11-17/h3-7,9-12H,8H2,1-2H3. The summed E-state index contributed by atoms with van der Waals surface area (Å²) in [5.41, 5.74) is 3.10. The van der Waals surface area contributed by atoms with E-state index in [0.717, 1.165) is 11.4 Å². The lowest BCUT2D eigenvalue weighted by atomic mass is 10.0. The first-order valence-corrected chi connectivity index (χ1v) is 7.78. The Kier molecular flexibility index (Phi) is 4.79. The van der Waals surface area contributed by atoms with Gasteiger partial charge in [0.25, 0.3) is 0 Å². The van der Waals surface area contributed by atoms with Crippen molar-refractivity contribution in [1.29, 1.82) is 0 Å². The van der Waals surface area contributed by atoms with Crippen LogP contribution in [0.2, 0.25) is 0 Å². The highest BCUT2D eigenvalue weighted by atomic mass is 19.1. The largest absolute Gasteiger partial charge is 0.342 e. The molecule has 0 spiro atoms. The molecule has 6 heteroatoms. The molecule has 0 unspecified atom stereocenters. The zero-order valence-corrected chi connectivity index (χ0v) is 14.0. The second-order valence-corrected chi connectivity index (χ2v) is 5.74. The van der Waals surface area contributed by atoms with E-state index in [1.165, 1.54) is 18.5 Å². The molecular weight excluding hydrogens is 319 g/mol. The number of hydrogen-bond acceptors (Lipinski definition) is 5. The summed E-state index contributed by atoms with van der Waals surface area (Å²) in [7, 11) is 1.79. The van der Waals surface area contributed by atoms with Crippen LogP contribution in [0.1, 0.15) is 21.7 Å². The zero-order chi connectivity index (χ0) is 17.8. The molecule has 0 bridgehead atoms. The molecule has 0 saturated heterocycles. The van der Waals surface area contributed by atoms with E-state index in [2.05, 4.69) is 15.0 Å². The van der Waals surface area contributed by atoms with Gasteiger partial charge in [0.1, 0.15) is 17.8 Å². The van der Waals surface area contributed by atoms with Crippen molar-refractivity contribution < 1.29 is 9.18 Å². The first-order valence-electron chi connectivity index (χ1n) is 7.78. The number of rotatable bonds is 5. The van der Waals surface area contributed by atoms with Gasteiger partial charge in [-0.05, 0) is 42.8 Å². The summed E-state index contributed by atoms with van der Waals surface area (Å²) >= 11 is 0. The summed E-state index contributed by atoms with van der Waals surface area (Å²) in [6, 6.07) is 9.84. The van der Waals surface area contributed by atoms with Crippen molar-refractivity contribution in [3.8, 4) is 0 Å². The van der Waals surface area contributed by atoms with Gasteiger partial charge < -0.3 is 4.90 Å². The highest BCUT2D eigenvalue weighted by molar-refractivity contribution is 5.95. The lowest BCUT2D eigenvalue weighted by molar-refractivity contribution is 0.0988. The maximum atomic E-state index is 14.0. The summed E-state index contributed by atoms with van der Waals surface area (Å²) in [6.07, 6.45) is 4.79. The fourth-order valence-electron chi connectivity index (χ4n) is 2.52. The molecular formula is C19H17FN4O. The number of aryl methyl sites for hydroxylation is 1. The predicted molar refractivity (Wildman–Crippen MR) is 93.5 cm³/mol. The number of carbonyl (C=O) groups is 1. The molecule has 126 valence electrons. The van der Waals surface area contributed by atoms with Crippen LogP contribution < -0.4 is 4.90 Å². The van der Waals surface area contributed by atoms with Crippen LogP contribution in [-0.2, 0) is 6.42 Å². The Morgan fingerprint density at radius 1 is 1.12 bits per heavy atom. The predicted octanol–water partition coefficient (Wildman–Crippen LogP) is 3.51. The molecule has 0 aliphatic carbocycles. The summed E-state index contributed by atoms with van der Waals surface area (Å²) in [5.74, 6) is -0.549. The summed E-state index contributed by atoms with van der Waals surface area (Å²) in [6.45, 7) is 1.83. The van der Waals surface area contributed by atoms with E-state index in [9.17, 15) is 9.18 Å². The highest BCUT2D eigenvalue weighted by Gasteiger charge is 2.13. The number of halogens is 1. The van der Waals surface area contributed by atoms with Gasteiger partial charge in [-0.25, -0.2) is 14.4 Å². The molecule has 5 nitrogen and oxygen atoms in total. The van der Waals surface area contributed by atoms with Gasteiger partial charge in [-0.15, -0.1) is 0 Å². The fourth-order valence-corrected chi connectivity index (χ4v) is 2.52. The van der Waals surface area contributed by atoms with Crippen molar-refractivity contribution in [2.75, 3.05) is 11.9 Å². The third-order valence-corrected chi connectivity index (χ3v) is 3.80. The van der Waals surface area contributed by atoms with Crippen molar-refractivity contribution in [2.24, 2.45) is 0 Å². The Morgan fingerprint density at radius 2 is 1.88 bits per heavy atom. The molecule has 2 aromatic heterocycles. The van der Waals surface area contributed by atoms with Gasteiger partial charge in [0, 0.05) is 24.8 Å². The molecule has 25 heavy (non-hydrogen) atoms. The zero-order valence-electron chi connectivity index (χ0n) is 14.0. The van der Waals surface area contributed by atoms with Crippen LogP contribution in [0.3, 0.4) is 0 Å². The van der Waals surface area contributed by atoms with Gasteiger partial charge >= 0.3 is 0 Å². The van der Waals surface area contributed by atoms with Crippen molar-refractivity contribution in [2.45, 2.75) is 13.3 Å². The van der Waals surface area contributed by atoms with E-state index in [-0.39, 0.29) is 12.2 Å². The van der Waals surface area contributed by atoms with Crippen LogP contribution in [0.25, 0.3) is 0 Å². The van der Waals surface area contributed by atoms with Crippen molar-refractivity contribution in [3.63, 3.8) is 0 Å². The summed E-state index contributed by atoms with van der Waals surface area (Å²) < 4.78 is 14.0. The van der Waals surface area contributed by atoms with Crippen molar-refractivity contribution in [3.05, 3.63) is 77.9 Å². The molecule has 0 N–H and O–H groups in total. The number of Topliss-reactive ketones (excluding diaryl/α,β-unsaturated/α-hetero) is 1. The average molecular weight is 336 g/mol. The molecule has 0 atom stereocenters. The fraction of sp³-hybridized carbons (Fsp3) is 0.158. The van der Waals surface area contributed by atoms with E-state index in [1.807, 2.05) is 13.0 Å². The van der Waals surface area contributed by atoms with Gasteiger partial charge in [-0.2, -0.15) is 0 Å². The lowest BCUT2D eigenvalue weighted by Crippen LogP contribution is -2.12. The number of benzene rings is 1. The first kappa shape index (κ1) is 16.7. The molecule has 3 rings (SSSR count). The smallest absolute Gasteiger partial charge is 0.185 e. The summed E-state index contributed by atoms with van der Waals surface area (Å²) in [5, 5.41) is 0. The van der Waals surface area contributed by atoms with Crippen LogP contribution in [-0.4, -0.2) is 27.8 Å². The molecule has 3 aromatic rings. The molecule has 0 saturated carbocycles. The monoisotopic (exact) mass is 336 g/mol. The average Bonchev–Trinajstić information content (AvgIpc) is 2.61. The van der Waals surface area contributed by atoms with Crippen LogP contribution in [0.4, 0.5) is 15.8 Å². The van der Waals surface area contributed by atoms with E-state index in [1.54, 1.807) is 42.5 Å². The van der Waals surface area contributed by atoms with Crippen LogP contribution in [0.15, 0.2) is 55.1 Å².